The summed E-state index contributed by atoms with van der Waals surface area (Å²) in [6.45, 7) is 4.38. The molecule has 4 atom stereocenters. The van der Waals surface area contributed by atoms with Gasteiger partial charge in [-0.15, -0.1) is 0 Å². The minimum atomic E-state index is -1.15. The number of ketones is 1. The van der Waals surface area contributed by atoms with Gasteiger partial charge in [0, 0.05) is 33.2 Å². The molecule has 1 saturated heterocycles. The summed E-state index contributed by atoms with van der Waals surface area (Å²) in [4.78, 5) is 28.6. The van der Waals surface area contributed by atoms with Crippen LogP contribution in [0.3, 0.4) is 0 Å². The Balaban J connectivity index is 1.50. The Hall–Kier alpha value is -3.54. The van der Waals surface area contributed by atoms with Gasteiger partial charge in [0.25, 0.3) is 0 Å². The van der Waals surface area contributed by atoms with Crippen molar-refractivity contribution in [1.29, 1.82) is 0 Å². The largest absolute Gasteiger partial charge is 0.324 e. The summed E-state index contributed by atoms with van der Waals surface area (Å²) in [5.74, 6) is -0.590. The van der Waals surface area contributed by atoms with Crippen molar-refractivity contribution in [2.45, 2.75) is 37.8 Å². The molecule has 0 aromatic heterocycles. The quantitative estimate of drug-likeness (QED) is 0.232. The zero-order valence-corrected chi connectivity index (χ0v) is 23.6. The van der Waals surface area contributed by atoms with Crippen LogP contribution in [0.5, 0.6) is 0 Å². The number of rotatable bonds is 6. The van der Waals surface area contributed by atoms with Crippen LogP contribution >= 0.6 is 15.9 Å². The number of fused-ring (bicyclic) bond motifs is 2. The monoisotopic (exact) mass is 578 g/mol. The van der Waals surface area contributed by atoms with E-state index in [1.165, 1.54) is 0 Å². The van der Waals surface area contributed by atoms with Crippen LogP contribution in [0.1, 0.15) is 47.7 Å². The first-order valence-electron chi connectivity index (χ1n) is 13.5. The summed E-state index contributed by atoms with van der Waals surface area (Å²) < 4.78 is 0.982. The van der Waals surface area contributed by atoms with Crippen LogP contribution in [0.2, 0.25) is 0 Å². The number of halogens is 1. The summed E-state index contributed by atoms with van der Waals surface area (Å²) in [5, 5.41) is 6.85. The highest BCUT2D eigenvalue weighted by atomic mass is 79.9. The van der Waals surface area contributed by atoms with Gasteiger partial charge >= 0.3 is 0 Å². The van der Waals surface area contributed by atoms with Gasteiger partial charge in [-0.2, -0.15) is 0 Å². The molecule has 2 heterocycles. The molecule has 2 N–H and O–H groups in total. The maximum atomic E-state index is 14.7. The van der Waals surface area contributed by atoms with E-state index < -0.39 is 11.5 Å². The number of anilines is 1. The number of carbonyl (C=O) groups is 2. The van der Waals surface area contributed by atoms with Crippen LogP contribution in [-0.2, 0) is 10.3 Å². The predicted octanol–water partition coefficient (Wildman–Crippen LogP) is 7.56. The van der Waals surface area contributed by atoms with E-state index >= 15 is 0 Å². The van der Waals surface area contributed by atoms with Gasteiger partial charge in [-0.05, 0) is 47.2 Å². The number of amides is 1. The molecule has 196 valence electrons. The Morgan fingerprint density at radius 1 is 0.846 bits per heavy atom. The molecule has 2 aliphatic heterocycles. The normalized spacial score (nSPS) is 23.7. The number of hydrogen-bond donors (Lipinski definition) is 2. The van der Waals surface area contributed by atoms with Gasteiger partial charge in [0.05, 0.1) is 5.92 Å². The molecule has 1 spiro atoms. The zero-order valence-electron chi connectivity index (χ0n) is 22.0. The minimum Gasteiger partial charge on any atom is -0.324 e. The number of Topliss-reactive ketones (excluding diaryl/α,β-unsaturated/α-hetero) is 1. The van der Waals surface area contributed by atoms with Crippen LogP contribution in [0, 0.1) is 11.8 Å². The molecule has 4 aromatic carbocycles. The summed E-state index contributed by atoms with van der Waals surface area (Å²) in [6, 6.07) is 33.9. The van der Waals surface area contributed by atoms with Gasteiger partial charge < -0.3 is 5.32 Å². The fourth-order valence-electron chi connectivity index (χ4n) is 6.52. The lowest BCUT2D eigenvalue weighted by atomic mass is 9.69. The molecule has 1 amide bonds. The van der Waals surface area contributed by atoms with Crippen molar-refractivity contribution in [1.82, 2.24) is 5.32 Å². The number of nitrogens with one attached hydrogen (secondary N) is 2. The first kappa shape index (κ1) is 25.7. The zero-order chi connectivity index (χ0) is 27.1. The van der Waals surface area contributed by atoms with Crippen LogP contribution in [0.15, 0.2) is 108 Å². The molecule has 5 heteroatoms. The third kappa shape index (κ3) is 4.44. The van der Waals surface area contributed by atoms with Gasteiger partial charge in [0.15, 0.2) is 5.78 Å². The van der Waals surface area contributed by atoms with E-state index in [9.17, 15) is 9.59 Å². The number of para-hydroxylation sites is 1. The maximum absolute atomic E-state index is 14.7. The van der Waals surface area contributed by atoms with Crippen molar-refractivity contribution in [3.05, 3.63) is 124 Å². The van der Waals surface area contributed by atoms with Crippen molar-refractivity contribution in [3.63, 3.8) is 0 Å². The molecule has 6 rings (SSSR count). The lowest BCUT2D eigenvalue weighted by Gasteiger charge is -2.31. The van der Waals surface area contributed by atoms with E-state index in [1.54, 1.807) is 0 Å². The molecule has 39 heavy (non-hydrogen) atoms. The maximum Gasteiger partial charge on any atom is 0.250 e. The molecule has 1 fully saturated rings. The second-order valence-corrected chi connectivity index (χ2v) is 12.0. The van der Waals surface area contributed by atoms with E-state index in [4.69, 9.17) is 0 Å². The second-order valence-electron chi connectivity index (χ2n) is 11.1. The molecule has 4 aromatic rings. The Kier molecular flexibility index (Phi) is 6.74. The molecule has 0 aliphatic carbocycles. The third-order valence-electron chi connectivity index (χ3n) is 8.17. The van der Waals surface area contributed by atoms with Gasteiger partial charge in [-0.1, -0.05) is 115 Å². The molecule has 0 saturated carbocycles. The van der Waals surface area contributed by atoms with E-state index in [0.29, 0.717) is 11.5 Å². The van der Waals surface area contributed by atoms with Gasteiger partial charge in [-0.3, -0.25) is 14.9 Å². The van der Waals surface area contributed by atoms with Crippen LogP contribution in [0.25, 0.3) is 11.1 Å². The van der Waals surface area contributed by atoms with Crippen molar-refractivity contribution in [3.8, 4) is 11.1 Å². The molecular weight excluding hydrogens is 548 g/mol. The van der Waals surface area contributed by atoms with Crippen molar-refractivity contribution >= 4 is 33.3 Å². The molecule has 0 radical (unpaired) electrons. The highest BCUT2D eigenvalue weighted by Gasteiger charge is 2.64. The summed E-state index contributed by atoms with van der Waals surface area (Å²) in [6.07, 6.45) is 0.842. The van der Waals surface area contributed by atoms with Crippen LogP contribution in [-0.4, -0.2) is 17.7 Å². The Morgan fingerprint density at radius 3 is 2.18 bits per heavy atom. The van der Waals surface area contributed by atoms with E-state index in [0.717, 1.165) is 38.8 Å². The molecule has 4 nitrogen and oxygen atoms in total. The first-order valence-corrected chi connectivity index (χ1v) is 14.3. The average Bonchev–Trinajstić information content (AvgIpc) is 3.43. The van der Waals surface area contributed by atoms with Crippen LogP contribution in [0.4, 0.5) is 5.69 Å². The fraction of sp³-hybridized carbons (Fsp3) is 0.235. The smallest absolute Gasteiger partial charge is 0.250 e. The Morgan fingerprint density at radius 2 is 1.49 bits per heavy atom. The number of carbonyl (C=O) groups excluding carboxylic acids is 2. The summed E-state index contributed by atoms with van der Waals surface area (Å²) in [5.41, 5.74) is 4.30. The SMILES string of the molecule is CC(C)CC1NC2(C(=O)Nc3ccccc32)C(C(=O)c2ccc(-c3ccccc3)cc2)C1c1ccc(Br)cc1. The van der Waals surface area contributed by atoms with E-state index in [2.05, 4.69) is 64.7 Å². The number of benzene rings is 4. The van der Waals surface area contributed by atoms with Crippen LogP contribution < -0.4 is 10.6 Å². The van der Waals surface area contributed by atoms with E-state index in [-0.39, 0.29) is 23.7 Å². The first-order chi connectivity index (χ1) is 18.9. The highest BCUT2D eigenvalue weighted by molar-refractivity contribution is 9.10. The molecular formula is C34H31BrN2O2. The van der Waals surface area contributed by atoms with Crippen molar-refractivity contribution in [2.24, 2.45) is 11.8 Å². The van der Waals surface area contributed by atoms with Crippen molar-refractivity contribution in [2.75, 3.05) is 5.32 Å². The minimum absolute atomic E-state index is 0.0202. The average molecular weight is 580 g/mol. The van der Waals surface area contributed by atoms with Gasteiger partial charge in [0.2, 0.25) is 5.91 Å². The van der Waals surface area contributed by atoms with Crippen molar-refractivity contribution < 1.29 is 9.59 Å². The Bertz CT molecular complexity index is 1520. The molecule has 4 unspecified atom stereocenters. The third-order valence-corrected chi connectivity index (χ3v) is 8.70. The van der Waals surface area contributed by atoms with E-state index in [1.807, 2.05) is 78.9 Å². The summed E-state index contributed by atoms with van der Waals surface area (Å²) in [7, 11) is 0. The number of hydrogen-bond acceptors (Lipinski definition) is 3. The fourth-order valence-corrected chi connectivity index (χ4v) is 6.79. The highest BCUT2D eigenvalue weighted by Crippen LogP contribution is 2.54. The van der Waals surface area contributed by atoms with Gasteiger partial charge in [-0.25, -0.2) is 0 Å². The Labute approximate surface area is 238 Å². The predicted molar refractivity (Wildman–Crippen MR) is 160 cm³/mol. The standard InChI is InChI=1S/C34H31BrN2O2/c1-21(2)20-29-30(24-16-18-26(35)19-17-24)31(34(37-29)27-10-6-7-11-28(27)36-33(34)39)32(38)25-14-12-23(13-15-25)22-8-4-3-5-9-22/h3-19,21,29-31,37H,20H2,1-2H3,(H,36,39). The van der Waals surface area contributed by atoms with Gasteiger partial charge in [0.1, 0.15) is 5.54 Å². The summed E-state index contributed by atoms with van der Waals surface area (Å²) >= 11 is 3.56. The molecule has 0 bridgehead atoms. The second kappa shape index (κ2) is 10.2. The lowest BCUT2D eigenvalue weighted by Crippen LogP contribution is -2.51. The molecule has 2 aliphatic rings. The lowest BCUT2D eigenvalue weighted by molar-refractivity contribution is -0.122. The topological polar surface area (TPSA) is 58.2 Å².